The van der Waals surface area contributed by atoms with Gasteiger partial charge in [-0.1, -0.05) is 0 Å². The molecule has 7 heteroatoms. The van der Waals surface area contributed by atoms with Crippen LogP contribution in [-0.2, 0) is 4.74 Å². The average molecular weight is 311 g/mol. The molecule has 0 aromatic carbocycles. The minimum absolute atomic E-state index is 0.0874. The van der Waals surface area contributed by atoms with Gasteiger partial charge in [-0.15, -0.1) is 11.3 Å². The maximum atomic E-state index is 12.3. The summed E-state index contributed by atoms with van der Waals surface area (Å²) in [5.74, 6) is 0.526. The molecule has 1 saturated heterocycles. The third-order valence-corrected chi connectivity index (χ3v) is 4.96. The van der Waals surface area contributed by atoms with Crippen molar-refractivity contribution < 1.29 is 14.3 Å². The normalized spacial score (nSPS) is 19.2. The number of ether oxygens (including phenoxy) is 2. The summed E-state index contributed by atoms with van der Waals surface area (Å²) in [4.78, 5) is 15.0. The molecule has 1 saturated carbocycles. The topological polar surface area (TPSA) is 76.8 Å². The molecule has 1 aliphatic heterocycles. The highest BCUT2D eigenvalue weighted by Crippen LogP contribution is 2.45. The maximum absolute atomic E-state index is 12.3. The van der Waals surface area contributed by atoms with Crippen LogP contribution in [0.25, 0.3) is 0 Å². The Kier molecular flexibility index (Phi) is 4.21. The lowest BCUT2D eigenvalue weighted by Crippen LogP contribution is -2.25. The summed E-state index contributed by atoms with van der Waals surface area (Å²) in [5.41, 5.74) is 6.57. The number of hydrogen-bond donors (Lipinski definition) is 2. The van der Waals surface area contributed by atoms with Crippen molar-refractivity contribution in [1.29, 1.82) is 0 Å². The minimum atomic E-state index is -0.0874. The number of nitrogens with zero attached hydrogens (tertiary/aromatic N) is 1. The number of nitrogens with one attached hydrogen (secondary N) is 1. The Morgan fingerprint density at radius 2 is 2.24 bits per heavy atom. The van der Waals surface area contributed by atoms with Crippen LogP contribution in [0.15, 0.2) is 0 Å². The molecule has 21 heavy (non-hydrogen) atoms. The zero-order chi connectivity index (χ0) is 14.8. The van der Waals surface area contributed by atoms with Gasteiger partial charge in [-0.2, -0.15) is 0 Å². The van der Waals surface area contributed by atoms with Gasteiger partial charge in [0.05, 0.1) is 13.7 Å². The van der Waals surface area contributed by atoms with Gasteiger partial charge in [-0.3, -0.25) is 4.79 Å². The summed E-state index contributed by atoms with van der Waals surface area (Å²) in [6.45, 7) is 3.14. The molecule has 1 aromatic rings. The molecule has 6 nitrogen and oxygen atoms in total. The molecule has 3 N–H and O–H groups in total. The molecule has 0 bridgehead atoms. The van der Waals surface area contributed by atoms with E-state index in [0.29, 0.717) is 29.0 Å². The highest BCUT2D eigenvalue weighted by molar-refractivity contribution is 7.19. The molecular formula is C14H21N3O3S. The van der Waals surface area contributed by atoms with Crippen molar-refractivity contribution in [3.8, 4) is 5.75 Å². The number of nitrogens with two attached hydrogens (primary N) is 1. The monoisotopic (exact) mass is 311 g/mol. The van der Waals surface area contributed by atoms with Crippen LogP contribution in [0.3, 0.4) is 0 Å². The van der Waals surface area contributed by atoms with Crippen molar-refractivity contribution in [1.82, 2.24) is 5.32 Å². The van der Waals surface area contributed by atoms with Crippen LogP contribution in [0.5, 0.6) is 5.75 Å². The molecule has 116 valence electrons. The van der Waals surface area contributed by atoms with E-state index in [0.717, 1.165) is 44.0 Å². The first-order chi connectivity index (χ1) is 10.2. The number of methoxy groups -OCH3 is 1. The molecule has 2 aliphatic rings. The second kappa shape index (κ2) is 6.11. The Hall–Kier alpha value is -1.47. The van der Waals surface area contributed by atoms with Gasteiger partial charge in [0, 0.05) is 25.7 Å². The van der Waals surface area contributed by atoms with Crippen molar-refractivity contribution in [3.05, 3.63) is 4.88 Å². The SMILES string of the molecule is COc1c(N2CCCOCC2)sc(C(=O)NC2CC2)c1N. The fraction of sp³-hybridized carbons (Fsp3) is 0.643. The lowest BCUT2D eigenvalue weighted by atomic mass is 10.3. The molecule has 0 spiro atoms. The summed E-state index contributed by atoms with van der Waals surface area (Å²) < 4.78 is 10.9. The number of hydrogen-bond acceptors (Lipinski definition) is 6. The van der Waals surface area contributed by atoms with Gasteiger partial charge in [0.15, 0.2) is 5.75 Å². The van der Waals surface area contributed by atoms with Crippen molar-refractivity contribution >= 4 is 27.9 Å². The first-order valence-electron chi connectivity index (χ1n) is 7.30. The molecule has 2 fully saturated rings. The summed E-state index contributed by atoms with van der Waals surface area (Å²) in [6.07, 6.45) is 3.08. The predicted molar refractivity (Wildman–Crippen MR) is 83.4 cm³/mol. The Balaban J connectivity index is 1.86. The summed E-state index contributed by atoms with van der Waals surface area (Å²) >= 11 is 1.41. The van der Waals surface area contributed by atoms with E-state index in [4.69, 9.17) is 15.2 Å². The second-order valence-electron chi connectivity index (χ2n) is 5.38. The zero-order valence-electron chi connectivity index (χ0n) is 12.2. The summed E-state index contributed by atoms with van der Waals surface area (Å²) in [6, 6.07) is 0.319. The predicted octanol–water partition coefficient (Wildman–Crippen LogP) is 1.46. The van der Waals surface area contributed by atoms with Crippen LogP contribution in [-0.4, -0.2) is 45.4 Å². The van der Waals surface area contributed by atoms with E-state index in [2.05, 4.69) is 10.2 Å². The third-order valence-electron chi connectivity index (χ3n) is 3.71. The van der Waals surface area contributed by atoms with Crippen molar-refractivity contribution in [3.63, 3.8) is 0 Å². The fourth-order valence-electron chi connectivity index (χ4n) is 2.42. The molecule has 1 aliphatic carbocycles. The van der Waals surface area contributed by atoms with Gasteiger partial charge in [0.1, 0.15) is 15.6 Å². The standard InChI is InChI=1S/C14H21N3O3S/c1-19-11-10(15)12(13(18)16-9-3-4-9)21-14(11)17-5-2-7-20-8-6-17/h9H,2-8,15H2,1H3,(H,16,18). The summed E-state index contributed by atoms with van der Waals surface area (Å²) in [5, 5.41) is 3.92. The molecule has 0 radical (unpaired) electrons. The number of anilines is 2. The molecule has 3 rings (SSSR count). The Labute approximate surface area is 128 Å². The van der Waals surface area contributed by atoms with Crippen LogP contribution in [0.1, 0.15) is 28.9 Å². The van der Waals surface area contributed by atoms with Crippen LogP contribution in [0.2, 0.25) is 0 Å². The Morgan fingerprint density at radius 3 is 2.95 bits per heavy atom. The first kappa shape index (κ1) is 14.5. The van der Waals surface area contributed by atoms with E-state index in [1.807, 2.05) is 0 Å². The third kappa shape index (κ3) is 3.08. The van der Waals surface area contributed by atoms with E-state index in [1.165, 1.54) is 11.3 Å². The number of amides is 1. The molecule has 1 aromatic heterocycles. The zero-order valence-corrected chi connectivity index (χ0v) is 13.0. The van der Waals surface area contributed by atoms with Gasteiger partial charge >= 0.3 is 0 Å². The number of carbonyl (C=O) groups is 1. The van der Waals surface area contributed by atoms with Gasteiger partial charge in [0.2, 0.25) is 0 Å². The highest BCUT2D eigenvalue weighted by atomic mass is 32.1. The van der Waals surface area contributed by atoms with E-state index < -0.39 is 0 Å². The smallest absolute Gasteiger partial charge is 0.263 e. The van der Waals surface area contributed by atoms with E-state index in [9.17, 15) is 4.79 Å². The lowest BCUT2D eigenvalue weighted by molar-refractivity contribution is 0.0956. The van der Waals surface area contributed by atoms with Crippen molar-refractivity contribution in [2.75, 3.05) is 44.0 Å². The van der Waals surface area contributed by atoms with E-state index >= 15 is 0 Å². The molecule has 0 unspecified atom stereocenters. The minimum Gasteiger partial charge on any atom is -0.492 e. The van der Waals surface area contributed by atoms with Crippen LogP contribution in [0.4, 0.5) is 10.7 Å². The largest absolute Gasteiger partial charge is 0.492 e. The summed E-state index contributed by atoms with van der Waals surface area (Å²) in [7, 11) is 1.60. The number of thiophene rings is 1. The van der Waals surface area contributed by atoms with Crippen LogP contribution in [0, 0.1) is 0 Å². The molecule has 1 amide bonds. The van der Waals surface area contributed by atoms with Crippen molar-refractivity contribution in [2.24, 2.45) is 0 Å². The number of carbonyl (C=O) groups excluding carboxylic acids is 1. The van der Waals surface area contributed by atoms with Gasteiger partial charge in [0.25, 0.3) is 5.91 Å². The van der Waals surface area contributed by atoms with Gasteiger partial charge in [-0.25, -0.2) is 0 Å². The van der Waals surface area contributed by atoms with Crippen LogP contribution >= 0.6 is 11.3 Å². The average Bonchev–Trinajstić information content (AvgIpc) is 3.25. The molecule has 0 atom stereocenters. The lowest BCUT2D eigenvalue weighted by Gasteiger charge is -2.20. The van der Waals surface area contributed by atoms with Crippen LogP contribution < -0.4 is 20.7 Å². The molecular weight excluding hydrogens is 290 g/mol. The molecule has 2 heterocycles. The number of nitrogen functional groups attached to an aromatic ring is 1. The Bertz CT molecular complexity index is 520. The maximum Gasteiger partial charge on any atom is 0.263 e. The quantitative estimate of drug-likeness (QED) is 0.880. The number of rotatable bonds is 4. The van der Waals surface area contributed by atoms with Crippen molar-refractivity contribution in [2.45, 2.75) is 25.3 Å². The van der Waals surface area contributed by atoms with Gasteiger partial charge in [-0.05, 0) is 19.3 Å². The fourth-order valence-corrected chi connectivity index (χ4v) is 3.56. The first-order valence-corrected chi connectivity index (χ1v) is 8.12. The highest BCUT2D eigenvalue weighted by Gasteiger charge is 2.29. The van der Waals surface area contributed by atoms with E-state index in [1.54, 1.807) is 7.11 Å². The van der Waals surface area contributed by atoms with E-state index in [-0.39, 0.29) is 5.91 Å². The Morgan fingerprint density at radius 1 is 1.43 bits per heavy atom. The van der Waals surface area contributed by atoms with Gasteiger partial charge < -0.3 is 25.4 Å². The second-order valence-corrected chi connectivity index (χ2v) is 6.38.